The number of carbonyl (C=O) groups is 1. The molecule has 1 saturated heterocycles. The Kier molecular flexibility index (Phi) is 4.80. The van der Waals surface area contributed by atoms with Gasteiger partial charge >= 0.3 is 0 Å². The number of aromatic nitrogens is 2. The summed E-state index contributed by atoms with van der Waals surface area (Å²) in [5.74, 6) is 1.75. The maximum Gasteiger partial charge on any atom is 0.227 e. The molecule has 1 fully saturated rings. The van der Waals surface area contributed by atoms with Gasteiger partial charge in [-0.2, -0.15) is 0 Å². The third-order valence-corrected chi connectivity index (χ3v) is 4.01. The van der Waals surface area contributed by atoms with Crippen LogP contribution in [0.15, 0.2) is 18.6 Å². The molecule has 0 N–H and O–H groups in total. The molecule has 2 rings (SSSR count). The number of carbonyl (C=O) groups excluding carboxylic acids is 1. The Labute approximate surface area is 127 Å². The van der Waals surface area contributed by atoms with E-state index in [2.05, 4.69) is 14.9 Å². The highest BCUT2D eigenvalue weighted by Gasteiger charge is 2.28. The van der Waals surface area contributed by atoms with Crippen LogP contribution in [0, 0.1) is 11.3 Å². The fraction of sp³-hybridized carbons (Fsp3) is 0.688. The smallest absolute Gasteiger partial charge is 0.227 e. The number of anilines is 1. The topological polar surface area (TPSA) is 49.3 Å². The second kappa shape index (κ2) is 6.41. The van der Waals surface area contributed by atoms with Crippen LogP contribution in [0.2, 0.25) is 0 Å². The molecule has 5 nitrogen and oxygen atoms in total. The first kappa shape index (κ1) is 15.7. The highest BCUT2D eigenvalue weighted by atomic mass is 16.2. The van der Waals surface area contributed by atoms with Crippen molar-refractivity contribution in [2.24, 2.45) is 11.3 Å². The van der Waals surface area contributed by atoms with Gasteiger partial charge in [0, 0.05) is 44.5 Å². The third kappa shape index (κ3) is 4.16. The van der Waals surface area contributed by atoms with Gasteiger partial charge in [0.1, 0.15) is 5.82 Å². The first-order chi connectivity index (χ1) is 9.88. The summed E-state index contributed by atoms with van der Waals surface area (Å²) in [6.45, 7) is 8.75. The molecule has 0 saturated carbocycles. The van der Waals surface area contributed by atoms with Crippen LogP contribution in [0.25, 0.3) is 0 Å². The molecule has 2 heterocycles. The van der Waals surface area contributed by atoms with Gasteiger partial charge in [-0.15, -0.1) is 0 Å². The monoisotopic (exact) mass is 290 g/mol. The summed E-state index contributed by atoms with van der Waals surface area (Å²) in [6, 6.07) is 0. The largest absolute Gasteiger partial charge is 0.355 e. The van der Waals surface area contributed by atoms with Crippen LogP contribution in [0.3, 0.4) is 0 Å². The SMILES string of the molecule is CN(CC1CCN(c2cnccn2)CC1)C(=O)C(C)(C)C. The fourth-order valence-electron chi connectivity index (χ4n) is 2.84. The van der Waals surface area contributed by atoms with Crippen LogP contribution in [0.1, 0.15) is 33.6 Å². The number of rotatable bonds is 3. The second-order valence-corrected chi connectivity index (χ2v) is 6.93. The number of piperidine rings is 1. The van der Waals surface area contributed by atoms with E-state index < -0.39 is 0 Å². The van der Waals surface area contributed by atoms with Gasteiger partial charge < -0.3 is 9.80 Å². The molecule has 0 spiro atoms. The second-order valence-electron chi connectivity index (χ2n) is 6.93. The van der Waals surface area contributed by atoms with Crippen LogP contribution < -0.4 is 4.90 Å². The normalized spacial score (nSPS) is 16.9. The minimum Gasteiger partial charge on any atom is -0.355 e. The summed E-state index contributed by atoms with van der Waals surface area (Å²) in [6.07, 6.45) is 7.44. The molecule has 5 heteroatoms. The molecule has 0 aromatic carbocycles. The van der Waals surface area contributed by atoms with Gasteiger partial charge in [0.2, 0.25) is 5.91 Å². The Morgan fingerprint density at radius 1 is 1.33 bits per heavy atom. The highest BCUT2D eigenvalue weighted by molar-refractivity contribution is 5.81. The molecule has 1 aliphatic rings. The van der Waals surface area contributed by atoms with Gasteiger partial charge in [0.05, 0.1) is 6.20 Å². The van der Waals surface area contributed by atoms with E-state index in [0.29, 0.717) is 5.92 Å². The molecule has 1 aromatic heterocycles. The lowest BCUT2D eigenvalue weighted by atomic mass is 9.92. The van der Waals surface area contributed by atoms with E-state index in [1.165, 1.54) is 0 Å². The van der Waals surface area contributed by atoms with Gasteiger partial charge in [-0.05, 0) is 18.8 Å². The lowest BCUT2D eigenvalue weighted by Crippen LogP contribution is -2.42. The zero-order chi connectivity index (χ0) is 15.5. The molecule has 0 atom stereocenters. The molecule has 0 unspecified atom stereocenters. The van der Waals surface area contributed by atoms with Crippen molar-refractivity contribution in [3.63, 3.8) is 0 Å². The predicted octanol–water partition coefficient (Wildman–Crippen LogP) is 2.20. The van der Waals surface area contributed by atoms with Crippen molar-refractivity contribution in [3.8, 4) is 0 Å². The Hall–Kier alpha value is -1.65. The van der Waals surface area contributed by atoms with E-state index in [1.807, 2.05) is 38.9 Å². The Balaban J connectivity index is 1.83. The average Bonchev–Trinajstić information content (AvgIpc) is 2.47. The van der Waals surface area contributed by atoms with Gasteiger partial charge in [0.25, 0.3) is 0 Å². The summed E-state index contributed by atoms with van der Waals surface area (Å²) in [4.78, 5) is 24.9. The number of hydrogen-bond donors (Lipinski definition) is 0. The van der Waals surface area contributed by atoms with Gasteiger partial charge in [0.15, 0.2) is 0 Å². The van der Waals surface area contributed by atoms with Crippen LogP contribution in [-0.2, 0) is 4.79 Å². The first-order valence-corrected chi connectivity index (χ1v) is 7.64. The van der Waals surface area contributed by atoms with Crippen LogP contribution >= 0.6 is 0 Å². The standard InChI is InChI=1S/C16H26N4O/c1-16(2,3)15(21)19(4)12-13-5-9-20(10-6-13)14-11-17-7-8-18-14/h7-8,11,13H,5-6,9-10,12H2,1-4H3. The van der Waals surface area contributed by atoms with E-state index in [4.69, 9.17) is 0 Å². The van der Waals surface area contributed by atoms with Crippen LogP contribution in [0.5, 0.6) is 0 Å². The van der Waals surface area contributed by atoms with Gasteiger partial charge in [-0.25, -0.2) is 4.98 Å². The molecule has 116 valence electrons. The molecule has 21 heavy (non-hydrogen) atoms. The van der Waals surface area contributed by atoms with Crippen molar-refractivity contribution in [1.82, 2.24) is 14.9 Å². The average molecular weight is 290 g/mol. The molecule has 0 bridgehead atoms. The molecule has 0 aliphatic carbocycles. The molecular formula is C16H26N4O. The van der Waals surface area contributed by atoms with Crippen molar-refractivity contribution < 1.29 is 4.79 Å². The molecular weight excluding hydrogens is 264 g/mol. The van der Waals surface area contributed by atoms with Crippen molar-refractivity contribution in [1.29, 1.82) is 0 Å². The van der Waals surface area contributed by atoms with Crippen LogP contribution in [-0.4, -0.2) is 47.5 Å². The van der Waals surface area contributed by atoms with Crippen molar-refractivity contribution >= 4 is 11.7 Å². The zero-order valence-electron chi connectivity index (χ0n) is 13.5. The van der Waals surface area contributed by atoms with Crippen molar-refractivity contribution in [3.05, 3.63) is 18.6 Å². The lowest BCUT2D eigenvalue weighted by molar-refractivity contribution is -0.138. The highest BCUT2D eigenvalue weighted by Crippen LogP contribution is 2.23. The quantitative estimate of drug-likeness (QED) is 0.856. The van der Waals surface area contributed by atoms with E-state index in [9.17, 15) is 4.79 Å². The minimum absolute atomic E-state index is 0.221. The molecule has 1 aliphatic heterocycles. The maximum atomic E-state index is 12.2. The Morgan fingerprint density at radius 2 is 2.00 bits per heavy atom. The number of hydrogen-bond acceptors (Lipinski definition) is 4. The molecule has 0 radical (unpaired) electrons. The third-order valence-electron chi connectivity index (χ3n) is 4.01. The predicted molar refractivity (Wildman–Crippen MR) is 84.1 cm³/mol. The van der Waals surface area contributed by atoms with Crippen molar-refractivity contribution in [2.75, 3.05) is 31.6 Å². The van der Waals surface area contributed by atoms with E-state index in [-0.39, 0.29) is 11.3 Å². The summed E-state index contributed by atoms with van der Waals surface area (Å²) in [5.41, 5.74) is -0.297. The van der Waals surface area contributed by atoms with Crippen LogP contribution in [0.4, 0.5) is 5.82 Å². The summed E-state index contributed by atoms with van der Waals surface area (Å²) >= 11 is 0. The zero-order valence-corrected chi connectivity index (χ0v) is 13.5. The Bertz CT molecular complexity index is 461. The maximum absolute atomic E-state index is 12.2. The van der Waals surface area contributed by atoms with E-state index >= 15 is 0 Å². The molecule has 1 aromatic rings. The molecule has 1 amide bonds. The van der Waals surface area contributed by atoms with E-state index in [1.54, 1.807) is 12.4 Å². The summed E-state index contributed by atoms with van der Waals surface area (Å²) in [5, 5.41) is 0. The van der Waals surface area contributed by atoms with Crippen molar-refractivity contribution in [2.45, 2.75) is 33.6 Å². The number of amides is 1. The lowest BCUT2D eigenvalue weighted by Gasteiger charge is -2.35. The Morgan fingerprint density at radius 3 is 2.52 bits per heavy atom. The first-order valence-electron chi connectivity index (χ1n) is 7.64. The van der Waals surface area contributed by atoms with Gasteiger partial charge in [-0.1, -0.05) is 20.8 Å². The summed E-state index contributed by atoms with van der Waals surface area (Å²) < 4.78 is 0. The van der Waals surface area contributed by atoms with Gasteiger partial charge in [-0.3, -0.25) is 9.78 Å². The fourth-order valence-corrected chi connectivity index (χ4v) is 2.84. The summed E-state index contributed by atoms with van der Waals surface area (Å²) in [7, 11) is 1.92. The number of nitrogens with zero attached hydrogens (tertiary/aromatic N) is 4. The van der Waals surface area contributed by atoms with E-state index in [0.717, 1.165) is 38.3 Å². The minimum atomic E-state index is -0.297.